The van der Waals surface area contributed by atoms with Gasteiger partial charge in [0.1, 0.15) is 9.84 Å². The van der Waals surface area contributed by atoms with Gasteiger partial charge in [0.15, 0.2) is 5.78 Å². The van der Waals surface area contributed by atoms with Gasteiger partial charge < -0.3 is 11.1 Å². The van der Waals surface area contributed by atoms with Gasteiger partial charge >= 0.3 is 0 Å². The van der Waals surface area contributed by atoms with Gasteiger partial charge in [-0.25, -0.2) is 8.42 Å². The largest absolute Gasteiger partial charge is 0.397 e. The van der Waals surface area contributed by atoms with E-state index in [0.29, 0.717) is 23.4 Å². The highest BCUT2D eigenvalue weighted by atomic mass is 32.2. The van der Waals surface area contributed by atoms with Crippen LogP contribution in [0.15, 0.2) is 6.07 Å². The van der Waals surface area contributed by atoms with E-state index in [-0.39, 0.29) is 23.3 Å². The molecule has 0 spiro atoms. The summed E-state index contributed by atoms with van der Waals surface area (Å²) in [6, 6.07) is 1.89. The summed E-state index contributed by atoms with van der Waals surface area (Å²) in [5, 5.41) is 4.09. The Labute approximate surface area is 110 Å². The van der Waals surface area contributed by atoms with Crippen molar-refractivity contribution < 1.29 is 13.2 Å². The second-order valence-corrected chi connectivity index (χ2v) is 7.88. The molecule has 0 aliphatic carbocycles. The molecule has 5 nitrogen and oxygen atoms in total. The Morgan fingerprint density at radius 2 is 2.06 bits per heavy atom. The van der Waals surface area contributed by atoms with Crippen LogP contribution in [-0.2, 0) is 9.84 Å². The smallest absolute Gasteiger partial charge is 0.171 e. The van der Waals surface area contributed by atoms with Gasteiger partial charge in [-0.15, -0.1) is 11.3 Å². The first-order valence-electron chi connectivity index (χ1n) is 5.74. The Bertz CT molecular complexity index is 549. The average Bonchev–Trinajstić information content (AvgIpc) is 2.63. The van der Waals surface area contributed by atoms with Crippen molar-refractivity contribution in [2.45, 2.75) is 25.8 Å². The first-order chi connectivity index (χ1) is 8.37. The van der Waals surface area contributed by atoms with E-state index in [2.05, 4.69) is 5.32 Å². The third kappa shape index (κ3) is 3.02. The van der Waals surface area contributed by atoms with Gasteiger partial charge in [-0.05, 0) is 18.9 Å². The molecule has 1 saturated heterocycles. The van der Waals surface area contributed by atoms with Crippen LogP contribution in [0.5, 0.6) is 0 Å². The van der Waals surface area contributed by atoms with Crippen LogP contribution in [0.25, 0.3) is 0 Å². The van der Waals surface area contributed by atoms with Crippen molar-refractivity contribution in [2.24, 2.45) is 0 Å². The standard InChI is InChI=1S/C11H16N2O3S2/c1-7(14)11-9(12)6-10(17-11)13-8-2-4-18(15,16)5-3-8/h6,8,13H,2-5,12H2,1H3. The molecule has 1 aliphatic heterocycles. The van der Waals surface area contributed by atoms with Crippen LogP contribution in [0.2, 0.25) is 0 Å². The van der Waals surface area contributed by atoms with E-state index >= 15 is 0 Å². The number of anilines is 2. The number of carbonyl (C=O) groups excluding carboxylic acids is 1. The fraction of sp³-hybridized carbons (Fsp3) is 0.545. The molecule has 1 aliphatic rings. The predicted molar refractivity (Wildman–Crippen MR) is 74.0 cm³/mol. The molecule has 0 aromatic carbocycles. The molecule has 2 heterocycles. The van der Waals surface area contributed by atoms with E-state index in [4.69, 9.17) is 5.73 Å². The van der Waals surface area contributed by atoms with E-state index in [0.717, 1.165) is 5.00 Å². The van der Waals surface area contributed by atoms with Gasteiger partial charge in [0.05, 0.1) is 27.1 Å². The van der Waals surface area contributed by atoms with E-state index in [1.807, 2.05) is 0 Å². The lowest BCUT2D eigenvalue weighted by Crippen LogP contribution is -2.31. The van der Waals surface area contributed by atoms with Gasteiger partial charge in [-0.1, -0.05) is 0 Å². The van der Waals surface area contributed by atoms with Crippen LogP contribution in [0.1, 0.15) is 29.4 Å². The Morgan fingerprint density at radius 3 is 2.56 bits per heavy atom. The Balaban J connectivity index is 2.03. The highest BCUT2D eigenvalue weighted by molar-refractivity contribution is 7.91. The fourth-order valence-corrected chi connectivity index (χ4v) is 4.43. The maximum absolute atomic E-state index is 11.3. The van der Waals surface area contributed by atoms with Gasteiger partial charge in [0.2, 0.25) is 0 Å². The zero-order valence-corrected chi connectivity index (χ0v) is 11.7. The van der Waals surface area contributed by atoms with Crippen molar-refractivity contribution in [3.63, 3.8) is 0 Å². The highest BCUT2D eigenvalue weighted by Gasteiger charge is 2.24. The molecule has 100 valence electrons. The van der Waals surface area contributed by atoms with Crippen LogP contribution in [0, 0.1) is 0 Å². The topological polar surface area (TPSA) is 89.3 Å². The molecule has 1 aromatic rings. The summed E-state index contributed by atoms with van der Waals surface area (Å²) >= 11 is 1.33. The van der Waals surface area contributed by atoms with Crippen molar-refractivity contribution >= 4 is 37.6 Å². The molecule has 18 heavy (non-hydrogen) atoms. The Morgan fingerprint density at radius 1 is 1.44 bits per heavy atom. The maximum Gasteiger partial charge on any atom is 0.171 e. The number of carbonyl (C=O) groups is 1. The molecular weight excluding hydrogens is 272 g/mol. The van der Waals surface area contributed by atoms with Crippen molar-refractivity contribution in [1.29, 1.82) is 0 Å². The number of sulfone groups is 1. The SMILES string of the molecule is CC(=O)c1sc(NC2CCS(=O)(=O)CC2)cc1N. The summed E-state index contributed by atoms with van der Waals surface area (Å²) in [7, 11) is -2.84. The minimum Gasteiger partial charge on any atom is -0.397 e. The molecule has 0 atom stereocenters. The molecule has 0 bridgehead atoms. The molecular formula is C11H16N2O3S2. The first kappa shape index (κ1) is 13.4. The number of Topliss-reactive ketones (excluding diaryl/α,β-unsaturated/α-hetero) is 1. The Hall–Kier alpha value is -1.08. The van der Waals surface area contributed by atoms with Gasteiger partial charge in [0.25, 0.3) is 0 Å². The lowest BCUT2D eigenvalue weighted by Gasteiger charge is -2.23. The van der Waals surface area contributed by atoms with Crippen molar-refractivity contribution in [2.75, 3.05) is 22.6 Å². The lowest BCUT2D eigenvalue weighted by molar-refractivity contribution is 0.102. The molecule has 2 rings (SSSR count). The van der Waals surface area contributed by atoms with E-state index in [9.17, 15) is 13.2 Å². The van der Waals surface area contributed by atoms with Crippen LogP contribution >= 0.6 is 11.3 Å². The number of nitrogens with one attached hydrogen (secondary N) is 1. The molecule has 3 N–H and O–H groups in total. The Kier molecular flexibility index (Phi) is 3.63. The number of nitrogen functional groups attached to an aromatic ring is 1. The third-order valence-electron chi connectivity index (χ3n) is 2.98. The van der Waals surface area contributed by atoms with E-state index in [1.165, 1.54) is 18.3 Å². The molecule has 0 amide bonds. The number of hydrogen-bond acceptors (Lipinski definition) is 6. The lowest BCUT2D eigenvalue weighted by atomic mass is 10.1. The van der Waals surface area contributed by atoms with Gasteiger partial charge in [-0.3, -0.25) is 4.79 Å². The zero-order valence-electron chi connectivity index (χ0n) is 10.1. The van der Waals surface area contributed by atoms with Crippen LogP contribution < -0.4 is 11.1 Å². The summed E-state index contributed by atoms with van der Waals surface area (Å²) in [6.07, 6.45) is 1.21. The molecule has 0 radical (unpaired) electrons. The van der Waals surface area contributed by atoms with Gasteiger partial charge in [-0.2, -0.15) is 0 Å². The molecule has 0 unspecified atom stereocenters. The number of thiophene rings is 1. The van der Waals surface area contributed by atoms with Crippen molar-refractivity contribution in [3.8, 4) is 0 Å². The van der Waals surface area contributed by atoms with Crippen molar-refractivity contribution in [1.82, 2.24) is 0 Å². The quantitative estimate of drug-likeness (QED) is 0.823. The highest BCUT2D eigenvalue weighted by Crippen LogP contribution is 2.31. The average molecular weight is 288 g/mol. The summed E-state index contributed by atoms with van der Waals surface area (Å²) in [5.41, 5.74) is 6.23. The van der Waals surface area contributed by atoms with Crippen LogP contribution in [-0.4, -0.2) is 31.7 Å². The first-order valence-corrected chi connectivity index (χ1v) is 8.38. The number of hydrogen-bond donors (Lipinski definition) is 2. The molecule has 1 aromatic heterocycles. The van der Waals surface area contributed by atoms with Gasteiger partial charge in [0, 0.05) is 13.0 Å². The predicted octanol–water partition coefficient (Wildman–Crippen LogP) is 1.52. The van der Waals surface area contributed by atoms with E-state index < -0.39 is 9.84 Å². The minimum absolute atomic E-state index is 0.0447. The minimum atomic E-state index is -2.84. The number of ketones is 1. The third-order valence-corrected chi connectivity index (χ3v) is 5.88. The summed E-state index contributed by atoms with van der Waals surface area (Å²) in [6.45, 7) is 1.49. The molecule has 1 fully saturated rings. The number of nitrogens with two attached hydrogens (primary N) is 1. The van der Waals surface area contributed by atoms with Crippen LogP contribution in [0.4, 0.5) is 10.7 Å². The normalized spacial score (nSPS) is 19.6. The maximum atomic E-state index is 11.3. The fourth-order valence-electron chi connectivity index (χ4n) is 1.99. The molecule has 0 saturated carbocycles. The number of rotatable bonds is 3. The molecule has 7 heteroatoms. The second kappa shape index (κ2) is 4.89. The zero-order chi connectivity index (χ0) is 13.3. The summed E-state index contributed by atoms with van der Waals surface area (Å²) in [4.78, 5) is 11.8. The monoisotopic (exact) mass is 288 g/mol. The van der Waals surface area contributed by atoms with E-state index in [1.54, 1.807) is 6.07 Å². The van der Waals surface area contributed by atoms with Crippen molar-refractivity contribution in [3.05, 3.63) is 10.9 Å². The summed E-state index contributed by atoms with van der Waals surface area (Å²) < 4.78 is 22.6. The van der Waals surface area contributed by atoms with Crippen LogP contribution in [0.3, 0.4) is 0 Å². The second-order valence-electron chi connectivity index (χ2n) is 4.52. The summed E-state index contributed by atoms with van der Waals surface area (Å²) in [5.74, 6) is 0.410.